The van der Waals surface area contributed by atoms with Gasteiger partial charge in [-0.25, -0.2) is 0 Å². The van der Waals surface area contributed by atoms with Gasteiger partial charge in [0.1, 0.15) is 0 Å². The first-order chi connectivity index (χ1) is 12.8. The van der Waals surface area contributed by atoms with E-state index >= 15 is 0 Å². The molecule has 0 heterocycles. The fourth-order valence-electron chi connectivity index (χ4n) is 3.01. The summed E-state index contributed by atoms with van der Waals surface area (Å²) in [5.74, 6) is 0.135. The van der Waals surface area contributed by atoms with E-state index in [4.69, 9.17) is 13.3 Å². The summed E-state index contributed by atoms with van der Waals surface area (Å²) in [7, 11) is 2.36. The first kappa shape index (κ1) is 26.6. The van der Waals surface area contributed by atoms with Crippen molar-refractivity contribution in [3.8, 4) is 0 Å². The van der Waals surface area contributed by atoms with Crippen LogP contribution in [0.2, 0.25) is 6.04 Å². The van der Waals surface area contributed by atoms with Crippen molar-refractivity contribution in [3.63, 3.8) is 0 Å². The average molecular weight is 403 g/mol. The van der Waals surface area contributed by atoms with Crippen LogP contribution in [0.5, 0.6) is 0 Å². The fourth-order valence-corrected chi connectivity index (χ4v) is 5.10. The van der Waals surface area contributed by atoms with E-state index in [9.17, 15) is 4.79 Å². The lowest BCUT2D eigenvalue weighted by Gasteiger charge is -2.30. The maximum Gasteiger partial charge on any atom is 0.500 e. The zero-order valence-electron chi connectivity index (χ0n) is 18.7. The van der Waals surface area contributed by atoms with Gasteiger partial charge < -0.3 is 18.6 Å². The van der Waals surface area contributed by atoms with Crippen LogP contribution >= 0.6 is 0 Å². The van der Waals surface area contributed by atoms with Gasteiger partial charge in [0.25, 0.3) is 0 Å². The van der Waals surface area contributed by atoms with Gasteiger partial charge in [-0.15, -0.1) is 0 Å². The minimum atomic E-state index is -2.55. The highest BCUT2D eigenvalue weighted by molar-refractivity contribution is 6.60. The van der Waals surface area contributed by atoms with Gasteiger partial charge in [0, 0.05) is 40.3 Å². The number of unbranched alkanes of at least 4 members (excludes halogenated alkanes) is 8. The number of hydrogen-bond donors (Lipinski definition) is 1. The molecule has 27 heavy (non-hydrogen) atoms. The van der Waals surface area contributed by atoms with Crippen molar-refractivity contribution >= 4 is 14.7 Å². The zero-order chi connectivity index (χ0) is 20.6. The van der Waals surface area contributed by atoms with Crippen molar-refractivity contribution in [2.24, 2.45) is 5.41 Å². The van der Waals surface area contributed by atoms with E-state index in [2.05, 4.69) is 32.5 Å². The highest BCUT2D eigenvalue weighted by Gasteiger charge is 2.39. The normalized spacial score (nSPS) is 12.4. The molecule has 0 atom stereocenters. The van der Waals surface area contributed by atoms with Crippen molar-refractivity contribution in [1.29, 1.82) is 0 Å². The van der Waals surface area contributed by atoms with Gasteiger partial charge in [0.2, 0.25) is 5.91 Å². The summed E-state index contributed by atoms with van der Waals surface area (Å²) >= 11 is 0. The Labute approximate surface area is 169 Å². The molecule has 0 saturated heterocycles. The number of carbonyl (C=O) groups is 1. The third-order valence-corrected chi connectivity index (χ3v) is 7.87. The van der Waals surface area contributed by atoms with E-state index in [0.717, 1.165) is 25.3 Å². The lowest BCUT2D eigenvalue weighted by molar-refractivity contribution is -0.121. The number of hydrogen-bond acceptors (Lipinski definition) is 4. The summed E-state index contributed by atoms with van der Waals surface area (Å²) in [6.07, 6.45) is 13.6. The Morgan fingerprint density at radius 1 is 0.963 bits per heavy atom. The van der Waals surface area contributed by atoms with Crippen LogP contribution in [0.4, 0.5) is 0 Å². The SMILES string of the molecule is CCCCCCCC[CH]CCC(=O)NCC(C)(C)CC[Si](OC)(OC)OC. The van der Waals surface area contributed by atoms with E-state index in [-0.39, 0.29) is 11.3 Å². The molecule has 0 fully saturated rings. The Kier molecular flexibility index (Phi) is 15.2. The quantitative estimate of drug-likeness (QED) is 0.255. The molecule has 0 rings (SSSR count). The zero-order valence-corrected chi connectivity index (χ0v) is 19.7. The minimum absolute atomic E-state index is 0.0221. The molecule has 6 heteroatoms. The van der Waals surface area contributed by atoms with Crippen molar-refractivity contribution in [1.82, 2.24) is 5.32 Å². The summed E-state index contributed by atoms with van der Waals surface area (Å²) in [6.45, 7) is 7.20. The Balaban J connectivity index is 3.83. The van der Waals surface area contributed by atoms with Gasteiger partial charge in [0.05, 0.1) is 0 Å². The third kappa shape index (κ3) is 13.4. The number of nitrogens with one attached hydrogen (secondary N) is 1. The first-order valence-corrected chi connectivity index (χ1v) is 12.5. The molecule has 0 aromatic heterocycles. The molecule has 0 bridgehead atoms. The number of rotatable bonds is 18. The third-order valence-electron chi connectivity index (χ3n) is 5.14. The highest BCUT2D eigenvalue weighted by Crippen LogP contribution is 2.27. The van der Waals surface area contributed by atoms with Crippen LogP contribution in [0.3, 0.4) is 0 Å². The number of carbonyl (C=O) groups excluding carboxylic acids is 1. The van der Waals surface area contributed by atoms with Crippen molar-refractivity contribution < 1.29 is 18.1 Å². The summed E-state index contributed by atoms with van der Waals surface area (Å²) in [5, 5.41) is 3.07. The molecule has 1 N–H and O–H groups in total. The van der Waals surface area contributed by atoms with Crippen molar-refractivity contribution in [2.45, 2.75) is 91.0 Å². The average Bonchev–Trinajstić information content (AvgIpc) is 2.67. The van der Waals surface area contributed by atoms with E-state index < -0.39 is 8.80 Å². The first-order valence-electron chi connectivity index (χ1n) is 10.6. The molecule has 0 saturated carbocycles. The summed E-state index contributed by atoms with van der Waals surface area (Å²) in [4.78, 5) is 12.1. The maximum atomic E-state index is 12.1. The lowest BCUT2D eigenvalue weighted by Crippen LogP contribution is -2.44. The number of amides is 1. The molecule has 0 aromatic rings. The molecule has 1 radical (unpaired) electrons. The van der Waals surface area contributed by atoms with E-state index in [0.29, 0.717) is 13.0 Å². The van der Waals surface area contributed by atoms with Crippen LogP contribution in [0.1, 0.15) is 85.0 Å². The van der Waals surface area contributed by atoms with Crippen LogP contribution in [-0.4, -0.2) is 42.6 Å². The highest BCUT2D eigenvalue weighted by atomic mass is 28.4. The Bertz CT molecular complexity index is 365. The summed E-state index contributed by atoms with van der Waals surface area (Å²) < 4.78 is 16.4. The molecule has 0 aliphatic carbocycles. The van der Waals surface area contributed by atoms with Crippen molar-refractivity contribution in [2.75, 3.05) is 27.9 Å². The van der Waals surface area contributed by atoms with Gasteiger partial charge in [0.15, 0.2) is 0 Å². The van der Waals surface area contributed by atoms with Gasteiger partial charge in [-0.1, -0.05) is 65.7 Å². The van der Waals surface area contributed by atoms with Crippen LogP contribution in [-0.2, 0) is 18.1 Å². The summed E-state index contributed by atoms with van der Waals surface area (Å²) in [6, 6.07) is 0.741. The molecule has 0 aliphatic heterocycles. The molecule has 0 unspecified atom stereocenters. The second kappa shape index (κ2) is 15.5. The van der Waals surface area contributed by atoms with E-state index in [1.54, 1.807) is 21.3 Å². The smallest absolute Gasteiger partial charge is 0.377 e. The minimum Gasteiger partial charge on any atom is -0.377 e. The van der Waals surface area contributed by atoms with Crippen LogP contribution < -0.4 is 5.32 Å². The topological polar surface area (TPSA) is 56.8 Å². The van der Waals surface area contributed by atoms with Gasteiger partial charge in [-0.05, 0) is 24.7 Å². The van der Waals surface area contributed by atoms with E-state index in [1.807, 2.05) is 0 Å². The molecule has 161 valence electrons. The van der Waals surface area contributed by atoms with Gasteiger partial charge >= 0.3 is 8.80 Å². The van der Waals surface area contributed by atoms with Gasteiger partial charge in [-0.3, -0.25) is 4.79 Å². The standard InChI is InChI=1S/C21H44NO4Si/c1-7-8-9-10-11-12-13-14-15-16-20(23)22-19-21(2,3)17-18-27(24-4,25-5)26-6/h14H,7-13,15-19H2,1-6H3,(H,22,23). The molecule has 1 amide bonds. The fraction of sp³-hybridized carbons (Fsp3) is 0.905. The lowest BCUT2D eigenvalue weighted by atomic mass is 9.90. The second-order valence-electron chi connectivity index (χ2n) is 8.12. The Morgan fingerprint density at radius 2 is 1.56 bits per heavy atom. The Hall–Kier alpha value is -0.433. The predicted octanol–water partition coefficient (Wildman–Crippen LogP) is 5.13. The maximum absolute atomic E-state index is 12.1. The summed E-state index contributed by atoms with van der Waals surface area (Å²) in [5.41, 5.74) is -0.0221. The molecule has 0 aliphatic rings. The molecule has 5 nitrogen and oxygen atoms in total. The van der Waals surface area contributed by atoms with Crippen LogP contribution in [0.25, 0.3) is 0 Å². The molecular weight excluding hydrogens is 358 g/mol. The van der Waals surface area contributed by atoms with E-state index in [1.165, 1.54) is 38.5 Å². The van der Waals surface area contributed by atoms with Crippen LogP contribution in [0.15, 0.2) is 0 Å². The largest absolute Gasteiger partial charge is 0.500 e. The van der Waals surface area contributed by atoms with Crippen LogP contribution in [0, 0.1) is 11.8 Å². The predicted molar refractivity (Wildman–Crippen MR) is 115 cm³/mol. The van der Waals surface area contributed by atoms with Gasteiger partial charge in [-0.2, -0.15) is 0 Å². The molecule has 0 spiro atoms. The Morgan fingerprint density at radius 3 is 2.15 bits per heavy atom. The second-order valence-corrected chi connectivity index (χ2v) is 11.2. The molecule has 0 aromatic carbocycles. The molecular formula is C21H44NO4Si. The monoisotopic (exact) mass is 402 g/mol. The van der Waals surface area contributed by atoms with Crippen molar-refractivity contribution in [3.05, 3.63) is 6.42 Å².